The van der Waals surface area contributed by atoms with E-state index in [4.69, 9.17) is 14.6 Å². The number of unbranched alkanes of at least 4 members (excludes halogenated alkanes) is 9. The molecule has 0 bridgehead atoms. The molecule has 1 saturated heterocycles. The monoisotopic (exact) mass is 362 g/mol. The SMILES string of the molecule is CCCCCCCCCCCCO[C@H]1O[C@@H](C(=O)O)[C@@H](O)[C@H](O)[C@@H]1O. The Morgan fingerprint density at radius 1 is 0.840 bits per heavy atom. The predicted molar refractivity (Wildman–Crippen MR) is 92.1 cm³/mol. The highest BCUT2D eigenvalue weighted by Crippen LogP contribution is 2.22. The molecule has 1 aliphatic heterocycles. The summed E-state index contributed by atoms with van der Waals surface area (Å²) in [5, 5.41) is 38.0. The molecule has 4 N–H and O–H groups in total. The summed E-state index contributed by atoms with van der Waals surface area (Å²) < 4.78 is 10.4. The van der Waals surface area contributed by atoms with E-state index in [1.165, 1.54) is 44.9 Å². The Morgan fingerprint density at radius 3 is 1.88 bits per heavy atom. The maximum absolute atomic E-state index is 11.0. The molecule has 0 radical (unpaired) electrons. The normalized spacial score (nSPS) is 29.7. The molecule has 1 heterocycles. The van der Waals surface area contributed by atoms with E-state index >= 15 is 0 Å². The number of aliphatic carboxylic acids is 1. The topological polar surface area (TPSA) is 116 Å². The standard InChI is InChI=1S/C18H34O7/c1-2-3-4-5-6-7-8-9-10-11-12-24-18-15(21)13(19)14(20)16(25-18)17(22)23/h13-16,18-21H,2-12H2,1H3,(H,22,23)/t13-,14-,15-,16+,18-/m0/s1. The van der Waals surface area contributed by atoms with Gasteiger partial charge in [0.2, 0.25) is 0 Å². The lowest BCUT2D eigenvalue weighted by Crippen LogP contribution is -2.60. The Morgan fingerprint density at radius 2 is 1.36 bits per heavy atom. The maximum Gasteiger partial charge on any atom is 0.335 e. The van der Waals surface area contributed by atoms with Gasteiger partial charge in [-0.25, -0.2) is 4.79 Å². The predicted octanol–water partition coefficient (Wildman–Crippen LogP) is 1.82. The molecule has 0 aromatic carbocycles. The second kappa shape index (κ2) is 12.6. The van der Waals surface area contributed by atoms with Crippen LogP contribution in [0.25, 0.3) is 0 Å². The highest BCUT2D eigenvalue weighted by molar-refractivity contribution is 5.73. The minimum absolute atomic E-state index is 0.313. The van der Waals surface area contributed by atoms with Crippen LogP contribution in [0.3, 0.4) is 0 Å². The third-order valence-corrected chi connectivity index (χ3v) is 4.59. The molecular formula is C18H34O7. The van der Waals surface area contributed by atoms with E-state index in [2.05, 4.69) is 6.92 Å². The fourth-order valence-electron chi connectivity index (χ4n) is 2.98. The molecule has 1 rings (SSSR count). The van der Waals surface area contributed by atoms with Crippen molar-refractivity contribution in [3.8, 4) is 0 Å². The lowest BCUT2D eigenvalue weighted by Gasteiger charge is -2.38. The van der Waals surface area contributed by atoms with Gasteiger partial charge in [0.25, 0.3) is 0 Å². The quantitative estimate of drug-likeness (QED) is 0.369. The molecule has 25 heavy (non-hydrogen) atoms. The van der Waals surface area contributed by atoms with E-state index in [0.717, 1.165) is 19.3 Å². The van der Waals surface area contributed by atoms with Gasteiger partial charge in [-0.3, -0.25) is 0 Å². The van der Waals surface area contributed by atoms with E-state index in [1.807, 2.05) is 0 Å². The van der Waals surface area contributed by atoms with Crippen LogP contribution < -0.4 is 0 Å². The van der Waals surface area contributed by atoms with Gasteiger partial charge in [-0.2, -0.15) is 0 Å². The molecule has 1 fully saturated rings. The first kappa shape index (κ1) is 22.3. The molecule has 7 nitrogen and oxygen atoms in total. The van der Waals surface area contributed by atoms with Gasteiger partial charge in [0, 0.05) is 6.61 Å². The van der Waals surface area contributed by atoms with Crippen LogP contribution in [0.5, 0.6) is 0 Å². The lowest BCUT2D eigenvalue weighted by molar-refractivity contribution is -0.294. The van der Waals surface area contributed by atoms with Crippen LogP contribution in [0, 0.1) is 0 Å². The molecule has 5 atom stereocenters. The summed E-state index contributed by atoms with van der Waals surface area (Å²) >= 11 is 0. The van der Waals surface area contributed by atoms with Crippen molar-refractivity contribution in [3.63, 3.8) is 0 Å². The number of aliphatic hydroxyl groups is 3. The van der Waals surface area contributed by atoms with Crippen molar-refractivity contribution in [1.82, 2.24) is 0 Å². The Labute approximate surface area is 150 Å². The fraction of sp³-hybridized carbons (Fsp3) is 0.944. The van der Waals surface area contributed by atoms with Crippen molar-refractivity contribution in [2.24, 2.45) is 0 Å². The summed E-state index contributed by atoms with van der Waals surface area (Å²) in [7, 11) is 0. The zero-order valence-corrected chi connectivity index (χ0v) is 15.2. The van der Waals surface area contributed by atoms with Crippen LogP contribution in [0.4, 0.5) is 0 Å². The second-order valence-corrected chi connectivity index (χ2v) is 6.79. The zero-order valence-electron chi connectivity index (χ0n) is 15.2. The number of carbonyl (C=O) groups is 1. The second-order valence-electron chi connectivity index (χ2n) is 6.79. The van der Waals surface area contributed by atoms with Crippen LogP contribution in [0.1, 0.15) is 71.1 Å². The zero-order chi connectivity index (χ0) is 18.7. The number of hydrogen-bond donors (Lipinski definition) is 4. The van der Waals surface area contributed by atoms with E-state index < -0.39 is 36.7 Å². The van der Waals surface area contributed by atoms with Crippen LogP contribution in [-0.4, -0.2) is 63.7 Å². The van der Waals surface area contributed by atoms with Crippen molar-refractivity contribution in [2.45, 2.75) is 102 Å². The van der Waals surface area contributed by atoms with Crippen LogP contribution >= 0.6 is 0 Å². The molecule has 0 unspecified atom stereocenters. The van der Waals surface area contributed by atoms with Crippen molar-refractivity contribution in [3.05, 3.63) is 0 Å². The van der Waals surface area contributed by atoms with Crippen LogP contribution in [0.2, 0.25) is 0 Å². The summed E-state index contributed by atoms with van der Waals surface area (Å²) in [6.45, 7) is 2.53. The highest BCUT2D eigenvalue weighted by Gasteiger charge is 2.47. The summed E-state index contributed by atoms with van der Waals surface area (Å²) in [6, 6.07) is 0. The summed E-state index contributed by atoms with van der Waals surface area (Å²) in [6.07, 6.45) is 4.26. The smallest absolute Gasteiger partial charge is 0.335 e. The van der Waals surface area contributed by atoms with Crippen molar-refractivity contribution in [1.29, 1.82) is 0 Å². The number of hydrogen-bond acceptors (Lipinski definition) is 6. The molecule has 7 heteroatoms. The summed E-state index contributed by atoms with van der Waals surface area (Å²) in [5.41, 5.74) is 0. The molecule has 0 saturated carbocycles. The molecule has 0 spiro atoms. The van der Waals surface area contributed by atoms with E-state index in [1.54, 1.807) is 0 Å². The summed E-state index contributed by atoms with van der Waals surface area (Å²) in [5.74, 6) is -1.40. The average Bonchev–Trinajstić information content (AvgIpc) is 2.59. The Balaban J connectivity index is 2.10. The molecular weight excluding hydrogens is 328 g/mol. The number of aliphatic hydroxyl groups excluding tert-OH is 3. The largest absolute Gasteiger partial charge is 0.479 e. The molecule has 0 amide bonds. The third kappa shape index (κ3) is 8.00. The van der Waals surface area contributed by atoms with Gasteiger partial charge < -0.3 is 29.9 Å². The van der Waals surface area contributed by atoms with Gasteiger partial charge in [-0.15, -0.1) is 0 Å². The van der Waals surface area contributed by atoms with Crippen LogP contribution in [0.15, 0.2) is 0 Å². The highest BCUT2D eigenvalue weighted by atomic mass is 16.7. The molecule has 1 aliphatic rings. The Hall–Kier alpha value is -0.730. The van der Waals surface area contributed by atoms with E-state index in [9.17, 15) is 20.1 Å². The Bertz CT molecular complexity index is 363. The van der Waals surface area contributed by atoms with Gasteiger partial charge in [-0.1, -0.05) is 64.7 Å². The van der Waals surface area contributed by atoms with Crippen molar-refractivity contribution < 1.29 is 34.7 Å². The molecule has 148 valence electrons. The Kier molecular flexibility index (Phi) is 11.2. The fourth-order valence-corrected chi connectivity index (χ4v) is 2.98. The van der Waals surface area contributed by atoms with Crippen molar-refractivity contribution in [2.75, 3.05) is 6.61 Å². The first-order chi connectivity index (χ1) is 12.0. The van der Waals surface area contributed by atoms with Crippen LogP contribution in [-0.2, 0) is 14.3 Å². The number of ether oxygens (including phenoxy) is 2. The van der Waals surface area contributed by atoms with Gasteiger partial charge in [0.1, 0.15) is 18.3 Å². The third-order valence-electron chi connectivity index (χ3n) is 4.59. The van der Waals surface area contributed by atoms with Gasteiger partial charge in [-0.05, 0) is 6.42 Å². The minimum atomic E-state index is -1.68. The minimum Gasteiger partial charge on any atom is -0.479 e. The lowest BCUT2D eigenvalue weighted by atomic mass is 9.99. The first-order valence-electron chi connectivity index (χ1n) is 9.53. The van der Waals surface area contributed by atoms with E-state index in [0.29, 0.717) is 6.61 Å². The number of carboxylic acids is 1. The summed E-state index contributed by atoms with van der Waals surface area (Å²) in [4.78, 5) is 11.0. The van der Waals surface area contributed by atoms with Gasteiger partial charge in [0.05, 0.1) is 0 Å². The molecule has 0 aliphatic carbocycles. The number of carboxylic acid groups (broad SMARTS) is 1. The average molecular weight is 362 g/mol. The maximum atomic E-state index is 11.0. The molecule has 0 aromatic rings. The first-order valence-corrected chi connectivity index (χ1v) is 9.53. The van der Waals surface area contributed by atoms with E-state index in [-0.39, 0.29) is 0 Å². The van der Waals surface area contributed by atoms with Gasteiger partial charge >= 0.3 is 5.97 Å². The number of rotatable bonds is 13. The van der Waals surface area contributed by atoms with Gasteiger partial charge in [0.15, 0.2) is 12.4 Å². The van der Waals surface area contributed by atoms with Crippen molar-refractivity contribution >= 4 is 5.97 Å². The molecule has 0 aromatic heterocycles.